The van der Waals surface area contributed by atoms with Crippen molar-refractivity contribution in [2.75, 3.05) is 5.32 Å². The van der Waals surface area contributed by atoms with Crippen molar-refractivity contribution in [3.63, 3.8) is 0 Å². The van der Waals surface area contributed by atoms with E-state index < -0.39 is 6.10 Å². The summed E-state index contributed by atoms with van der Waals surface area (Å²) in [5, 5.41) is 21.1. The van der Waals surface area contributed by atoms with Gasteiger partial charge in [-0.05, 0) is 43.7 Å². The Hall–Kier alpha value is -1.88. The van der Waals surface area contributed by atoms with Gasteiger partial charge >= 0.3 is 0 Å². The molecule has 2 aliphatic rings. The Labute approximate surface area is 130 Å². The highest BCUT2D eigenvalue weighted by Gasteiger charge is 2.23. The molecular formula is C17H22N4O. The topological polar surface area (TPSA) is 73.8 Å². The number of anilines is 2. The zero-order valence-corrected chi connectivity index (χ0v) is 12.7. The van der Waals surface area contributed by atoms with Gasteiger partial charge in [0.05, 0.1) is 11.8 Å². The molecule has 1 atom stereocenters. The van der Waals surface area contributed by atoms with Crippen LogP contribution in [0.5, 0.6) is 0 Å². The van der Waals surface area contributed by atoms with Gasteiger partial charge in [-0.2, -0.15) is 5.10 Å². The number of nitrogens with one attached hydrogen (secondary N) is 2. The van der Waals surface area contributed by atoms with Crippen LogP contribution in [0.25, 0.3) is 0 Å². The SMILES string of the molecule is OC1CCCc2c(Nc3cc(C4CCCC4)[nH]n3)ccnc21. The lowest BCUT2D eigenvalue weighted by molar-refractivity contribution is 0.151. The first-order chi connectivity index (χ1) is 10.8. The highest BCUT2D eigenvalue weighted by atomic mass is 16.3. The van der Waals surface area contributed by atoms with E-state index in [1.54, 1.807) is 6.20 Å². The summed E-state index contributed by atoms with van der Waals surface area (Å²) in [5.41, 5.74) is 4.21. The fraction of sp³-hybridized carbons (Fsp3) is 0.529. The Balaban J connectivity index is 1.57. The summed E-state index contributed by atoms with van der Waals surface area (Å²) in [6.07, 6.45) is 9.27. The number of pyridine rings is 1. The van der Waals surface area contributed by atoms with Crippen LogP contribution in [0.1, 0.15) is 67.5 Å². The van der Waals surface area contributed by atoms with E-state index in [4.69, 9.17) is 0 Å². The second kappa shape index (κ2) is 5.72. The molecule has 0 saturated heterocycles. The Morgan fingerprint density at radius 1 is 1.18 bits per heavy atom. The van der Waals surface area contributed by atoms with Gasteiger partial charge < -0.3 is 10.4 Å². The molecule has 4 rings (SSSR count). The number of nitrogens with zero attached hydrogens (tertiary/aromatic N) is 2. The van der Waals surface area contributed by atoms with Gasteiger partial charge in [0.2, 0.25) is 0 Å². The highest BCUT2D eigenvalue weighted by molar-refractivity contribution is 5.62. The Morgan fingerprint density at radius 3 is 2.91 bits per heavy atom. The first kappa shape index (κ1) is 13.8. The number of aromatic amines is 1. The second-order valence-corrected chi connectivity index (χ2v) is 6.45. The third-order valence-corrected chi connectivity index (χ3v) is 4.96. The molecule has 5 heteroatoms. The summed E-state index contributed by atoms with van der Waals surface area (Å²) in [7, 11) is 0. The fourth-order valence-corrected chi connectivity index (χ4v) is 3.77. The number of aliphatic hydroxyl groups is 1. The van der Waals surface area contributed by atoms with Crippen LogP contribution in [-0.2, 0) is 6.42 Å². The molecule has 0 amide bonds. The molecule has 2 heterocycles. The van der Waals surface area contributed by atoms with Crippen molar-refractivity contribution in [3.8, 4) is 0 Å². The summed E-state index contributed by atoms with van der Waals surface area (Å²) in [5.74, 6) is 1.49. The molecule has 0 aromatic carbocycles. The van der Waals surface area contributed by atoms with E-state index in [-0.39, 0.29) is 0 Å². The summed E-state index contributed by atoms with van der Waals surface area (Å²) < 4.78 is 0. The summed E-state index contributed by atoms with van der Waals surface area (Å²) in [4.78, 5) is 4.35. The summed E-state index contributed by atoms with van der Waals surface area (Å²) in [6, 6.07) is 4.10. The van der Waals surface area contributed by atoms with Crippen LogP contribution in [0.4, 0.5) is 11.5 Å². The Bertz CT molecular complexity index is 660. The zero-order valence-electron chi connectivity index (χ0n) is 12.7. The number of H-pyrrole nitrogens is 1. The van der Waals surface area contributed by atoms with E-state index in [0.29, 0.717) is 5.92 Å². The molecule has 2 aliphatic carbocycles. The zero-order chi connectivity index (χ0) is 14.9. The largest absolute Gasteiger partial charge is 0.387 e. The minimum Gasteiger partial charge on any atom is -0.387 e. The van der Waals surface area contributed by atoms with E-state index in [9.17, 15) is 5.11 Å². The molecule has 2 aromatic rings. The maximum absolute atomic E-state index is 10.1. The van der Waals surface area contributed by atoms with Gasteiger partial charge in [-0.3, -0.25) is 10.1 Å². The van der Waals surface area contributed by atoms with E-state index in [2.05, 4.69) is 26.6 Å². The third-order valence-electron chi connectivity index (χ3n) is 4.96. The number of fused-ring (bicyclic) bond motifs is 1. The normalized spacial score (nSPS) is 21.8. The van der Waals surface area contributed by atoms with Crippen molar-refractivity contribution in [3.05, 3.63) is 35.3 Å². The molecule has 1 fully saturated rings. The van der Waals surface area contributed by atoms with Crippen LogP contribution in [0.3, 0.4) is 0 Å². The standard InChI is InChI=1S/C17H22N4O/c22-15-7-3-6-12-13(8-9-18-17(12)15)19-16-10-14(20-21-16)11-4-1-2-5-11/h8-11,15,22H,1-7H2,(H2,18,19,20,21). The molecule has 22 heavy (non-hydrogen) atoms. The van der Waals surface area contributed by atoms with Crippen LogP contribution in [0, 0.1) is 0 Å². The van der Waals surface area contributed by atoms with Crippen molar-refractivity contribution in [2.24, 2.45) is 0 Å². The molecule has 1 unspecified atom stereocenters. The maximum atomic E-state index is 10.1. The van der Waals surface area contributed by atoms with Crippen molar-refractivity contribution < 1.29 is 5.11 Å². The highest BCUT2D eigenvalue weighted by Crippen LogP contribution is 2.36. The van der Waals surface area contributed by atoms with Crippen LogP contribution in [-0.4, -0.2) is 20.3 Å². The number of hydrogen-bond acceptors (Lipinski definition) is 4. The van der Waals surface area contributed by atoms with Gasteiger partial charge in [-0.25, -0.2) is 0 Å². The number of rotatable bonds is 3. The minimum absolute atomic E-state index is 0.432. The van der Waals surface area contributed by atoms with Crippen LogP contribution in [0.2, 0.25) is 0 Å². The number of hydrogen-bond donors (Lipinski definition) is 3. The Kier molecular flexibility index (Phi) is 3.58. The Morgan fingerprint density at radius 2 is 2.05 bits per heavy atom. The average molecular weight is 298 g/mol. The predicted octanol–water partition coefficient (Wildman–Crippen LogP) is 3.58. The third kappa shape index (κ3) is 2.50. The molecular weight excluding hydrogens is 276 g/mol. The van der Waals surface area contributed by atoms with Crippen LogP contribution in [0.15, 0.2) is 18.3 Å². The first-order valence-corrected chi connectivity index (χ1v) is 8.29. The summed E-state index contributed by atoms with van der Waals surface area (Å²) in [6.45, 7) is 0. The van der Waals surface area contributed by atoms with E-state index in [0.717, 1.165) is 42.0 Å². The van der Waals surface area contributed by atoms with Crippen LogP contribution < -0.4 is 5.32 Å². The van der Waals surface area contributed by atoms with Crippen molar-refractivity contribution >= 4 is 11.5 Å². The maximum Gasteiger partial charge on any atom is 0.152 e. The lowest BCUT2D eigenvalue weighted by Crippen LogP contribution is -2.13. The van der Waals surface area contributed by atoms with Gasteiger partial charge in [0, 0.05) is 29.6 Å². The molecule has 116 valence electrons. The van der Waals surface area contributed by atoms with E-state index in [1.807, 2.05) is 6.07 Å². The van der Waals surface area contributed by atoms with Crippen LogP contribution >= 0.6 is 0 Å². The molecule has 0 bridgehead atoms. The molecule has 1 saturated carbocycles. The van der Waals surface area contributed by atoms with Gasteiger partial charge in [-0.15, -0.1) is 0 Å². The molecule has 5 nitrogen and oxygen atoms in total. The minimum atomic E-state index is -0.432. The fourth-order valence-electron chi connectivity index (χ4n) is 3.77. The molecule has 0 aliphatic heterocycles. The quantitative estimate of drug-likeness (QED) is 0.810. The van der Waals surface area contributed by atoms with Gasteiger partial charge in [-0.1, -0.05) is 12.8 Å². The average Bonchev–Trinajstić information content (AvgIpc) is 3.19. The van der Waals surface area contributed by atoms with E-state index in [1.165, 1.54) is 31.4 Å². The first-order valence-electron chi connectivity index (χ1n) is 8.29. The smallest absolute Gasteiger partial charge is 0.152 e. The molecule has 0 radical (unpaired) electrons. The second-order valence-electron chi connectivity index (χ2n) is 6.45. The lowest BCUT2D eigenvalue weighted by atomic mass is 9.92. The molecule has 3 N–H and O–H groups in total. The lowest BCUT2D eigenvalue weighted by Gasteiger charge is -2.22. The van der Waals surface area contributed by atoms with Gasteiger partial charge in [0.25, 0.3) is 0 Å². The summed E-state index contributed by atoms with van der Waals surface area (Å²) >= 11 is 0. The monoisotopic (exact) mass is 298 g/mol. The van der Waals surface area contributed by atoms with Gasteiger partial charge in [0.1, 0.15) is 0 Å². The van der Waals surface area contributed by atoms with Crippen molar-refractivity contribution in [2.45, 2.75) is 57.0 Å². The molecule has 2 aromatic heterocycles. The van der Waals surface area contributed by atoms with Gasteiger partial charge in [0.15, 0.2) is 5.82 Å². The molecule has 0 spiro atoms. The van der Waals surface area contributed by atoms with E-state index >= 15 is 0 Å². The number of aliphatic hydroxyl groups excluding tert-OH is 1. The van der Waals surface area contributed by atoms with Crippen molar-refractivity contribution in [1.82, 2.24) is 15.2 Å². The predicted molar refractivity (Wildman–Crippen MR) is 85.2 cm³/mol. The number of aromatic nitrogens is 3. The van der Waals surface area contributed by atoms with Crippen molar-refractivity contribution in [1.29, 1.82) is 0 Å².